The highest BCUT2D eigenvalue weighted by molar-refractivity contribution is 9.10. The Labute approximate surface area is 97.3 Å². The van der Waals surface area contributed by atoms with Gasteiger partial charge >= 0.3 is 13.3 Å². The second-order valence-electron chi connectivity index (χ2n) is 2.82. The van der Waals surface area contributed by atoms with Gasteiger partial charge in [-0.1, -0.05) is 0 Å². The van der Waals surface area contributed by atoms with E-state index < -0.39 is 19.9 Å². The number of halogens is 4. The van der Waals surface area contributed by atoms with E-state index in [2.05, 4.69) is 25.7 Å². The van der Waals surface area contributed by atoms with Crippen LogP contribution in [-0.2, 0) is 0 Å². The highest BCUT2D eigenvalue weighted by Gasteiger charge is 2.29. The molecule has 0 bridgehead atoms. The van der Waals surface area contributed by atoms with Gasteiger partial charge in [-0.25, -0.2) is 4.98 Å². The molecule has 88 valence electrons. The minimum absolute atomic E-state index is 0.0211. The zero-order valence-electron chi connectivity index (χ0n) is 7.70. The van der Waals surface area contributed by atoms with Crippen LogP contribution >= 0.6 is 15.9 Å². The van der Waals surface area contributed by atoms with Gasteiger partial charge in [-0.3, -0.25) is 0 Å². The first-order valence-electron chi connectivity index (χ1n) is 4.01. The Kier molecular flexibility index (Phi) is 4.17. The van der Waals surface area contributed by atoms with Crippen molar-refractivity contribution in [1.29, 1.82) is 0 Å². The van der Waals surface area contributed by atoms with Gasteiger partial charge in [0.2, 0.25) is 5.88 Å². The largest absolute Gasteiger partial charge is 0.489 e. The third kappa shape index (κ3) is 3.99. The van der Waals surface area contributed by atoms with Gasteiger partial charge in [0.25, 0.3) is 0 Å². The maximum absolute atomic E-state index is 11.8. The van der Waals surface area contributed by atoms with Gasteiger partial charge in [-0.05, 0) is 15.9 Å². The molecule has 0 atom stereocenters. The zero-order valence-corrected chi connectivity index (χ0v) is 9.29. The maximum atomic E-state index is 11.8. The van der Waals surface area contributed by atoms with E-state index in [0.717, 1.165) is 12.3 Å². The molecular formula is C7H6BBrF3NO3. The van der Waals surface area contributed by atoms with E-state index in [1.807, 2.05) is 0 Å². The Morgan fingerprint density at radius 2 is 2.06 bits per heavy atom. The highest BCUT2D eigenvalue weighted by Crippen LogP contribution is 2.17. The zero-order chi connectivity index (χ0) is 12.3. The number of hydrogen-bond acceptors (Lipinski definition) is 4. The maximum Gasteiger partial charge on any atom is 0.489 e. The van der Waals surface area contributed by atoms with Gasteiger partial charge in [-0.2, -0.15) is 13.2 Å². The molecule has 1 aromatic heterocycles. The standard InChI is InChI=1S/C7H6BBrF3NO3/c9-5-2-13-6(1-4(5)8(14)15)16-3-7(10,11)12/h1-2,14-15H,3H2. The molecule has 0 fully saturated rings. The number of rotatable bonds is 3. The Bertz CT molecular complexity index is 374. The fraction of sp³-hybridized carbons (Fsp3) is 0.286. The van der Waals surface area contributed by atoms with Gasteiger partial charge in [0.15, 0.2) is 6.61 Å². The molecule has 0 amide bonds. The van der Waals surface area contributed by atoms with E-state index in [9.17, 15) is 13.2 Å². The van der Waals surface area contributed by atoms with Crippen LogP contribution in [0.2, 0.25) is 0 Å². The van der Waals surface area contributed by atoms with Crippen LogP contribution in [0.3, 0.4) is 0 Å². The topological polar surface area (TPSA) is 62.6 Å². The smallest absolute Gasteiger partial charge is 0.468 e. The molecule has 9 heteroatoms. The normalized spacial score (nSPS) is 11.4. The summed E-state index contributed by atoms with van der Waals surface area (Å²) in [6.07, 6.45) is -3.34. The SMILES string of the molecule is OB(O)c1cc(OCC(F)(F)F)ncc1Br. The summed E-state index contributed by atoms with van der Waals surface area (Å²) in [7, 11) is -1.81. The van der Waals surface area contributed by atoms with Crippen molar-refractivity contribution in [2.24, 2.45) is 0 Å². The lowest BCUT2D eigenvalue weighted by atomic mass is 9.81. The molecule has 0 radical (unpaired) electrons. The van der Waals surface area contributed by atoms with Crippen molar-refractivity contribution >= 4 is 28.5 Å². The molecule has 1 aromatic rings. The first-order chi connectivity index (χ1) is 7.29. The third-order valence-corrected chi connectivity index (χ3v) is 2.18. The molecule has 0 aliphatic carbocycles. The summed E-state index contributed by atoms with van der Waals surface area (Å²) < 4.78 is 40.1. The predicted molar refractivity (Wildman–Crippen MR) is 53.3 cm³/mol. The lowest BCUT2D eigenvalue weighted by molar-refractivity contribution is -0.154. The second-order valence-corrected chi connectivity index (χ2v) is 3.68. The molecule has 0 aliphatic rings. The highest BCUT2D eigenvalue weighted by atomic mass is 79.9. The van der Waals surface area contributed by atoms with Crippen LogP contribution in [0.25, 0.3) is 0 Å². The molecule has 0 aliphatic heterocycles. The second kappa shape index (κ2) is 5.02. The average Bonchev–Trinajstić information content (AvgIpc) is 2.14. The fourth-order valence-corrected chi connectivity index (χ4v) is 1.29. The number of aromatic nitrogens is 1. The van der Waals surface area contributed by atoms with Crippen molar-refractivity contribution in [3.05, 3.63) is 16.7 Å². The lowest BCUT2D eigenvalue weighted by Crippen LogP contribution is -2.31. The van der Waals surface area contributed by atoms with E-state index in [-0.39, 0.29) is 15.8 Å². The van der Waals surface area contributed by atoms with Crippen LogP contribution in [0, 0.1) is 0 Å². The van der Waals surface area contributed by atoms with E-state index in [1.165, 1.54) is 0 Å². The van der Waals surface area contributed by atoms with Crippen molar-refractivity contribution < 1.29 is 28.0 Å². The van der Waals surface area contributed by atoms with Crippen LogP contribution in [0.15, 0.2) is 16.7 Å². The van der Waals surface area contributed by atoms with Crippen molar-refractivity contribution in [3.8, 4) is 5.88 Å². The van der Waals surface area contributed by atoms with Gasteiger partial charge in [0.1, 0.15) is 0 Å². The van der Waals surface area contributed by atoms with Crippen LogP contribution in [0.5, 0.6) is 5.88 Å². The number of alkyl halides is 3. The minimum Gasteiger partial charge on any atom is -0.468 e. The van der Waals surface area contributed by atoms with Crippen molar-refractivity contribution in [2.45, 2.75) is 6.18 Å². The fourth-order valence-electron chi connectivity index (χ4n) is 0.867. The summed E-state index contributed by atoms with van der Waals surface area (Å²) >= 11 is 2.96. The van der Waals surface area contributed by atoms with Gasteiger partial charge < -0.3 is 14.8 Å². The molecule has 4 nitrogen and oxygen atoms in total. The summed E-state index contributed by atoms with van der Waals surface area (Å²) in [5.74, 6) is -0.330. The lowest BCUT2D eigenvalue weighted by Gasteiger charge is -2.10. The first kappa shape index (κ1) is 13.3. The van der Waals surface area contributed by atoms with Crippen molar-refractivity contribution in [1.82, 2.24) is 4.98 Å². The van der Waals surface area contributed by atoms with E-state index in [0.29, 0.717) is 0 Å². The Balaban J connectivity index is 2.79. The van der Waals surface area contributed by atoms with Gasteiger partial charge in [-0.15, -0.1) is 0 Å². The summed E-state index contributed by atoms with van der Waals surface area (Å²) in [5, 5.41) is 17.8. The first-order valence-corrected chi connectivity index (χ1v) is 4.80. The molecule has 0 saturated carbocycles. The summed E-state index contributed by atoms with van der Waals surface area (Å²) in [5.41, 5.74) is -0.0211. The summed E-state index contributed by atoms with van der Waals surface area (Å²) in [6, 6.07) is 1.01. The van der Waals surface area contributed by atoms with Crippen LogP contribution in [0.4, 0.5) is 13.2 Å². The summed E-state index contributed by atoms with van der Waals surface area (Å²) in [4.78, 5) is 3.53. The van der Waals surface area contributed by atoms with Crippen LogP contribution in [0.1, 0.15) is 0 Å². The van der Waals surface area contributed by atoms with Gasteiger partial charge in [0.05, 0.1) is 0 Å². The molecule has 0 unspecified atom stereocenters. The predicted octanol–water partition coefficient (Wildman–Crippen LogP) is 0.465. The summed E-state index contributed by atoms with van der Waals surface area (Å²) in [6.45, 7) is -1.48. The number of hydrogen-bond donors (Lipinski definition) is 2. The van der Waals surface area contributed by atoms with Gasteiger partial charge in [0, 0.05) is 22.2 Å². The van der Waals surface area contributed by atoms with Crippen LogP contribution < -0.4 is 10.2 Å². The van der Waals surface area contributed by atoms with E-state index in [4.69, 9.17) is 10.0 Å². The molecule has 0 spiro atoms. The van der Waals surface area contributed by atoms with Crippen molar-refractivity contribution in [3.63, 3.8) is 0 Å². The van der Waals surface area contributed by atoms with Crippen LogP contribution in [-0.4, -0.2) is 34.9 Å². The molecule has 0 saturated heterocycles. The molecule has 2 N–H and O–H groups in total. The Hall–Kier alpha value is -0.795. The average molecular weight is 300 g/mol. The quantitative estimate of drug-likeness (QED) is 0.796. The number of nitrogens with zero attached hydrogens (tertiary/aromatic N) is 1. The minimum atomic E-state index is -4.47. The molecule has 1 rings (SSSR count). The Morgan fingerprint density at radius 1 is 1.44 bits per heavy atom. The van der Waals surface area contributed by atoms with Crippen molar-refractivity contribution in [2.75, 3.05) is 6.61 Å². The number of ether oxygens (including phenoxy) is 1. The third-order valence-electron chi connectivity index (χ3n) is 1.52. The molecule has 16 heavy (non-hydrogen) atoms. The molecule has 1 heterocycles. The monoisotopic (exact) mass is 299 g/mol. The van der Waals surface area contributed by atoms with E-state index >= 15 is 0 Å². The number of pyridine rings is 1. The molecule has 0 aromatic carbocycles. The molecular weight excluding hydrogens is 294 g/mol. The van der Waals surface area contributed by atoms with E-state index in [1.54, 1.807) is 0 Å². The Morgan fingerprint density at radius 3 is 2.56 bits per heavy atom.